The number of carbonyl (C=O) groups is 1. The molecule has 0 rings (SSSR count). The molecule has 41 heavy (non-hydrogen) atoms. The lowest BCUT2D eigenvalue weighted by Crippen LogP contribution is -2.49. The fourth-order valence-electron chi connectivity index (χ4n) is 5.52. The maximum Gasteiger partial charge on any atom is 0.253 e. The third-order valence-electron chi connectivity index (χ3n) is 8.40. The van der Waals surface area contributed by atoms with Crippen molar-refractivity contribution in [1.82, 2.24) is 5.32 Å². The second-order valence-corrected chi connectivity index (χ2v) is 12.4. The summed E-state index contributed by atoms with van der Waals surface area (Å²) in [5.41, 5.74) is 0. The molecule has 0 fully saturated rings. The van der Waals surface area contributed by atoms with E-state index in [-0.39, 0.29) is 6.61 Å². The monoisotopic (exact) mass is 582 g/mol. The smallest absolute Gasteiger partial charge is 0.253 e. The van der Waals surface area contributed by atoms with E-state index in [1.807, 2.05) is 6.08 Å². The molecule has 0 bridgehead atoms. The van der Waals surface area contributed by atoms with Crippen LogP contribution in [0, 0.1) is 0 Å². The molecule has 0 aliphatic heterocycles. The van der Waals surface area contributed by atoms with Gasteiger partial charge >= 0.3 is 0 Å². The Bertz CT molecular complexity index is 568. The number of amides is 1. The number of unbranched alkanes of at least 4 members (excludes halogenated alkanes) is 24. The fraction of sp³-hybridized carbons (Fsp3) is 0.917. The van der Waals surface area contributed by atoms with Crippen LogP contribution in [0.5, 0.6) is 0 Å². The quantitative estimate of drug-likeness (QED) is 0.0471. The number of hydrogen-bond donors (Lipinski definition) is 4. The zero-order valence-corrected chi connectivity index (χ0v) is 27.4. The average Bonchev–Trinajstić information content (AvgIpc) is 2.98. The zero-order chi connectivity index (χ0) is 30.2. The standard InChI is InChI=1S/C36H71NO4/c1-3-5-7-9-11-13-15-17-19-21-23-25-27-29-31-35(40)36(41)37-33(32-38)34(39)30-28-26-24-22-20-18-16-14-12-10-8-6-4-2/h29,31,33-35,38-40H,3-28,30,32H2,1-2H3,(H,37,41)/b31-29+. The lowest BCUT2D eigenvalue weighted by Gasteiger charge is -2.23. The molecule has 0 aromatic heterocycles. The van der Waals surface area contributed by atoms with Crippen LogP contribution in [0.25, 0.3) is 0 Å². The molecule has 5 heteroatoms. The van der Waals surface area contributed by atoms with Crippen molar-refractivity contribution in [2.24, 2.45) is 0 Å². The first-order valence-corrected chi connectivity index (χ1v) is 18.0. The first-order chi connectivity index (χ1) is 20.1. The van der Waals surface area contributed by atoms with Gasteiger partial charge in [-0.15, -0.1) is 0 Å². The van der Waals surface area contributed by atoms with Crippen molar-refractivity contribution in [3.05, 3.63) is 12.2 Å². The van der Waals surface area contributed by atoms with Crippen molar-refractivity contribution in [3.8, 4) is 0 Å². The van der Waals surface area contributed by atoms with E-state index < -0.39 is 24.2 Å². The Kier molecular flexibility index (Phi) is 31.3. The van der Waals surface area contributed by atoms with Crippen molar-refractivity contribution in [1.29, 1.82) is 0 Å². The molecule has 0 aliphatic rings. The normalized spacial score (nSPS) is 14.0. The minimum absolute atomic E-state index is 0.333. The molecule has 0 heterocycles. The molecule has 0 radical (unpaired) electrons. The van der Waals surface area contributed by atoms with Gasteiger partial charge in [-0.1, -0.05) is 180 Å². The Morgan fingerprint density at radius 1 is 0.585 bits per heavy atom. The minimum atomic E-state index is -1.25. The summed E-state index contributed by atoms with van der Waals surface area (Å²) in [5.74, 6) is -0.556. The van der Waals surface area contributed by atoms with Crippen LogP contribution in [0.3, 0.4) is 0 Å². The Labute approximate surface area is 255 Å². The predicted octanol–water partition coefficient (Wildman–Crippen LogP) is 9.31. The Morgan fingerprint density at radius 3 is 1.34 bits per heavy atom. The zero-order valence-electron chi connectivity index (χ0n) is 27.4. The SMILES string of the molecule is CCCCCCCCCCCCCC/C=C/C(O)C(=O)NC(CO)C(O)CCCCCCCCCCCCCCC. The van der Waals surface area contributed by atoms with Crippen LogP contribution >= 0.6 is 0 Å². The largest absolute Gasteiger partial charge is 0.394 e. The molecular weight excluding hydrogens is 510 g/mol. The van der Waals surface area contributed by atoms with Crippen molar-refractivity contribution >= 4 is 5.91 Å². The van der Waals surface area contributed by atoms with Gasteiger partial charge in [0.25, 0.3) is 5.91 Å². The van der Waals surface area contributed by atoms with E-state index in [9.17, 15) is 20.1 Å². The lowest BCUT2D eigenvalue weighted by atomic mass is 10.0. The number of nitrogens with one attached hydrogen (secondary N) is 1. The van der Waals surface area contributed by atoms with Gasteiger partial charge in [0.2, 0.25) is 0 Å². The molecule has 1 amide bonds. The molecule has 0 aromatic carbocycles. The second kappa shape index (κ2) is 32.0. The van der Waals surface area contributed by atoms with Gasteiger partial charge in [0.1, 0.15) is 0 Å². The van der Waals surface area contributed by atoms with Crippen LogP contribution < -0.4 is 5.32 Å². The Hall–Kier alpha value is -0.910. The molecule has 244 valence electrons. The summed E-state index contributed by atoms with van der Waals surface area (Å²) in [5, 5.41) is 32.9. The predicted molar refractivity (Wildman–Crippen MR) is 176 cm³/mol. The molecule has 0 spiro atoms. The van der Waals surface area contributed by atoms with Gasteiger partial charge < -0.3 is 20.6 Å². The first-order valence-electron chi connectivity index (χ1n) is 18.0. The van der Waals surface area contributed by atoms with Crippen molar-refractivity contribution in [2.45, 2.75) is 205 Å². The highest BCUT2D eigenvalue weighted by molar-refractivity contribution is 5.82. The van der Waals surface area contributed by atoms with E-state index in [1.165, 1.54) is 147 Å². The highest BCUT2D eigenvalue weighted by Crippen LogP contribution is 2.15. The molecule has 0 saturated carbocycles. The van der Waals surface area contributed by atoms with Gasteiger partial charge in [-0.3, -0.25) is 4.79 Å². The van der Waals surface area contributed by atoms with Gasteiger partial charge in [-0.05, 0) is 19.3 Å². The number of rotatable bonds is 32. The molecule has 5 nitrogen and oxygen atoms in total. The van der Waals surface area contributed by atoms with Crippen LogP contribution in [-0.4, -0.2) is 46.1 Å². The van der Waals surface area contributed by atoms with E-state index in [2.05, 4.69) is 19.2 Å². The Balaban J connectivity index is 3.74. The summed E-state index contributed by atoms with van der Waals surface area (Å²) in [7, 11) is 0. The van der Waals surface area contributed by atoms with Crippen molar-refractivity contribution in [2.75, 3.05) is 6.61 Å². The number of hydrogen-bond acceptors (Lipinski definition) is 4. The highest BCUT2D eigenvalue weighted by Gasteiger charge is 2.22. The van der Waals surface area contributed by atoms with E-state index in [0.717, 1.165) is 25.7 Å². The van der Waals surface area contributed by atoms with Gasteiger partial charge in [-0.2, -0.15) is 0 Å². The van der Waals surface area contributed by atoms with Crippen LogP contribution in [0.15, 0.2) is 12.2 Å². The van der Waals surface area contributed by atoms with Crippen LogP contribution in [0.1, 0.15) is 187 Å². The summed E-state index contributed by atoms with van der Waals surface area (Å²) in [6.45, 7) is 4.19. The summed E-state index contributed by atoms with van der Waals surface area (Å²) in [6, 6.07) is -0.737. The van der Waals surface area contributed by atoms with Crippen LogP contribution in [0.2, 0.25) is 0 Å². The Morgan fingerprint density at radius 2 is 0.951 bits per heavy atom. The number of aliphatic hydroxyl groups is 3. The van der Waals surface area contributed by atoms with E-state index in [0.29, 0.717) is 6.42 Å². The number of allylic oxidation sites excluding steroid dienone is 1. The lowest BCUT2D eigenvalue weighted by molar-refractivity contribution is -0.129. The van der Waals surface area contributed by atoms with E-state index in [1.54, 1.807) is 0 Å². The van der Waals surface area contributed by atoms with Crippen LogP contribution in [0.4, 0.5) is 0 Å². The topological polar surface area (TPSA) is 89.8 Å². The molecule has 0 saturated heterocycles. The summed E-state index contributed by atoms with van der Waals surface area (Å²) in [4.78, 5) is 12.3. The van der Waals surface area contributed by atoms with Gasteiger partial charge in [0.15, 0.2) is 6.10 Å². The van der Waals surface area contributed by atoms with E-state index in [4.69, 9.17) is 0 Å². The third kappa shape index (κ3) is 27.7. The molecule has 0 aliphatic carbocycles. The number of aliphatic hydroxyl groups excluding tert-OH is 3. The molecular formula is C36H71NO4. The van der Waals surface area contributed by atoms with Gasteiger partial charge in [0.05, 0.1) is 18.8 Å². The molecule has 0 aromatic rings. The summed E-state index contributed by atoms with van der Waals surface area (Å²) >= 11 is 0. The summed E-state index contributed by atoms with van der Waals surface area (Å²) in [6.07, 6.45) is 35.0. The van der Waals surface area contributed by atoms with Gasteiger partial charge in [-0.25, -0.2) is 0 Å². The molecule has 3 unspecified atom stereocenters. The first kappa shape index (κ1) is 40.1. The van der Waals surface area contributed by atoms with Crippen molar-refractivity contribution < 1.29 is 20.1 Å². The molecule has 3 atom stereocenters. The summed E-state index contributed by atoms with van der Waals surface area (Å²) < 4.78 is 0. The third-order valence-corrected chi connectivity index (χ3v) is 8.40. The van der Waals surface area contributed by atoms with E-state index >= 15 is 0 Å². The van der Waals surface area contributed by atoms with Crippen molar-refractivity contribution in [3.63, 3.8) is 0 Å². The number of carbonyl (C=O) groups excluding carboxylic acids is 1. The average molecular weight is 582 g/mol. The highest BCUT2D eigenvalue weighted by atomic mass is 16.3. The fourth-order valence-corrected chi connectivity index (χ4v) is 5.52. The maximum atomic E-state index is 12.3. The maximum absolute atomic E-state index is 12.3. The van der Waals surface area contributed by atoms with Gasteiger partial charge in [0, 0.05) is 0 Å². The van der Waals surface area contributed by atoms with Crippen LogP contribution in [-0.2, 0) is 4.79 Å². The minimum Gasteiger partial charge on any atom is -0.394 e. The molecule has 4 N–H and O–H groups in total. The second-order valence-electron chi connectivity index (χ2n) is 12.4.